The van der Waals surface area contributed by atoms with E-state index in [1.54, 1.807) is 6.92 Å². The second kappa shape index (κ2) is 11.0. The quantitative estimate of drug-likeness (QED) is 0.325. The van der Waals surface area contributed by atoms with Gasteiger partial charge in [0.15, 0.2) is 16.6 Å². The molecule has 0 aliphatic heterocycles. The third-order valence-electron chi connectivity index (χ3n) is 2.97. The highest BCUT2D eigenvalue weighted by Crippen LogP contribution is 2.26. The fourth-order valence-electron chi connectivity index (χ4n) is 2.78. The molecule has 0 saturated carbocycles. The van der Waals surface area contributed by atoms with Crippen LogP contribution in [0.25, 0.3) is 0 Å². The van der Waals surface area contributed by atoms with Crippen LogP contribution in [0, 0.1) is 0 Å². The van der Waals surface area contributed by atoms with E-state index in [0.29, 0.717) is 26.4 Å². The van der Waals surface area contributed by atoms with Crippen molar-refractivity contribution in [1.82, 2.24) is 0 Å². The molecule has 0 saturated heterocycles. The van der Waals surface area contributed by atoms with Gasteiger partial charge in [-0.25, -0.2) is 0 Å². The zero-order valence-corrected chi connectivity index (χ0v) is 22.6. The molecule has 2 unspecified atom stereocenters. The Hall–Kier alpha value is 0.628. The van der Waals surface area contributed by atoms with Crippen LogP contribution >= 0.6 is 0 Å². The van der Waals surface area contributed by atoms with Crippen LogP contribution in [0.5, 0.6) is 0 Å². The van der Waals surface area contributed by atoms with Crippen LogP contribution < -0.4 is 0 Å². The third kappa shape index (κ3) is 15.7. The third-order valence-corrected chi connectivity index (χ3v) is 16.4. The predicted molar refractivity (Wildman–Crippen MR) is 117 cm³/mol. The smallest absolute Gasteiger partial charge is 0.318 e. The van der Waals surface area contributed by atoms with E-state index < -0.39 is 39.9 Å². The first-order chi connectivity index (χ1) is 11.5. The van der Waals surface area contributed by atoms with Crippen molar-refractivity contribution in [2.24, 2.45) is 0 Å². The zero-order valence-electron chi connectivity index (χ0n) is 18.6. The minimum Gasteiger partial charge on any atom is -0.437 e. The Morgan fingerprint density at radius 1 is 0.692 bits per heavy atom. The van der Waals surface area contributed by atoms with Crippen molar-refractivity contribution in [3.63, 3.8) is 0 Å². The van der Waals surface area contributed by atoms with Gasteiger partial charge < -0.3 is 26.9 Å². The lowest BCUT2D eigenvalue weighted by Crippen LogP contribution is -2.57. The lowest BCUT2D eigenvalue weighted by Gasteiger charge is -2.41. The number of hydrogen-bond donors (Lipinski definition) is 1. The number of hydrogen-bond acceptors (Lipinski definition) is 6. The number of aliphatic hydroxyl groups excluding tert-OH is 1. The van der Waals surface area contributed by atoms with E-state index in [-0.39, 0.29) is 0 Å². The van der Waals surface area contributed by atoms with Gasteiger partial charge in [0.2, 0.25) is 0 Å². The van der Waals surface area contributed by atoms with Crippen LogP contribution in [0.1, 0.15) is 6.92 Å². The van der Waals surface area contributed by atoms with Gasteiger partial charge in [0.05, 0.1) is 25.9 Å². The van der Waals surface area contributed by atoms with Crippen molar-refractivity contribution in [2.75, 3.05) is 26.4 Å². The zero-order chi connectivity index (χ0) is 20.6. The van der Waals surface area contributed by atoms with E-state index in [1.165, 1.54) is 0 Å². The molecule has 158 valence electrons. The van der Waals surface area contributed by atoms with Crippen molar-refractivity contribution in [3.05, 3.63) is 0 Å². The minimum atomic E-state index is -2.39. The highest BCUT2D eigenvalue weighted by Gasteiger charge is 2.44. The van der Waals surface area contributed by atoms with Crippen molar-refractivity contribution in [2.45, 2.75) is 78.0 Å². The lowest BCUT2D eigenvalue weighted by molar-refractivity contribution is 0.0113. The van der Waals surface area contributed by atoms with Crippen LogP contribution in [0.2, 0.25) is 65.0 Å². The maximum absolute atomic E-state index is 9.16. The molecule has 1 N–H and O–H groups in total. The number of rotatable bonds is 14. The van der Waals surface area contributed by atoms with Crippen LogP contribution in [-0.4, -0.2) is 71.4 Å². The summed E-state index contributed by atoms with van der Waals surface area (Å²) in [6.45, 7) is 23.2. The van der Waals surface area contributed by atoms with Crippen molar-refractivity contribution < 1.29 is 26.9 Å². The van der Waals surface area contributed by atoms with Gasteiger partial charge in [0, 0.05) is 12.7 Å². The molecule has 0 heterocycles. The molecule has 10 heteroatoms. The molecule has 0 aromatic rings. The van der Waals surface area contributed by atoms with Crippen LogP contribution in [0.15, 0.2) is 0 Å². The van der Waals surface area contributed by atoms with Crippen LogP contribution in [-0.2, 0) is 21.8 Å². The lowest BCUT2D eigenvalue weighted by atomic mass is 10.4. The van der Waals surface area contributed by atoms with Gasteiger partial charge in [-0.1, -0.05) is 0 Å². The first-order valence-corrected chi connectivity index (χ1v) is 21.6. The summed E-state index contributed by atoms with van der Waals surface area (Å²) in [4.78, 5) is 0. The van der Waals surface area contributed by atoms with Gasteiger partial charge in [0.1, 0.15) is 0 Å². The fraction of sp³-hybridized carbons (Fsp3) is 1.00. The van der Waals surface area contributed by atoms with E-state index in [0.717, 1.165) is 6.04 Å². The molecule has 26 heavy (non-hydrogen) atoms. The van der Waals surface area contributed by atoms with E-state index >= 15 is 0 Å². The van der Waals surface area contributed by atoms with Gasteiger partial charge in [-0.15, -0.1) is 0 Å². The van der Waals surface area contributed by atoms with Gasteiger partial charge in [-0.05, 0) is 65.8 Å². The standard InChI is InChI=1S/C16H42O6Si4/c1-16(17)15-19-12-11-18-13-14-26(10,21-24(5,6)7)22-25(8,9)20-23(2,3)4/h16-17H,11-15H2,1-10H3. The largest absolute Gasteiger partial charge is 0.437 e. The molecule has 0 rings (SSSR count). The summed E-state index contributed by atoms with van der Waals surface area (Å²) in [5.74, 6) is 0. The molecule has 6 nitrogen and oxygen atoms in total. The summed E-state index contributed by atoms with van der Waals surface area (Å²) in [6, 6.07) is 0.777. The van der Waals surface area contributed by atoms with Crippen molar-refractivity contribution in [3.8, 4) is 0 Å². The molecule has 2 atom stereocenters. The maximum Gasteiger partial charge on any atom is 0.318 e. The van der Waals surface area contributed by atoms with E-state index in [1.807, 2.05) is 0 Å². The van der Waals surface area contributed by atoms with Crippen LogP contribution in [0.3, 0.4) is 0 Å². The molecule has 0 radical (unpaired) electrons. The summed E-state index contributed by atoms with van der Waals surface area (Å²) < 4.78 is 30.5. The fourth-order valence-corrected chi connectivity index (χ4v) is 20.4. The summed E-state index contributed by atoms with van der Waals surface area (Å²) in [6.07, 6.45) is -0.442. The molecule has 0 fully saturated rings. The average molecular weight is 443 g/mol. The molecular formula is C16H42O6Si4. The Labute approximate surface area is 165 Å². The minimum absolute atomic E-state index is 0.339. The first-order valence-electron chi connectivity index (χ1n) is 9.48. The summed E-state index contributed by atoms with van der Waals surface area (Å²) in [7, 11) is -8.05. The van der Waals surface area contributed by atoms with Crippen LogP contribution in [0.4, 0.5) is 0 Å². The van der Waals surface area contributed by atoms with E-state index in [9.17, 15) is 0 Å². The molecular weight excluding hydrogens is 401 g/mol. The Morgan fingerprint density at radius 3 is 1.65 bits per heavy atom. The first kappa shape index (κ1) is 26.6. The Bertz CT molecular complexity index is 395. The molecule has 0 aromatic heterocycles. The Balaban J connectivity index is 4.63. The summed E-state index contributed by atoms with van der Waals surface area (Å²) in [5, 5.41) is 9.16. The molecule has 0 amide bonds. The Morgan fingerprint density at radius 2 is 1.19 bits per heavy atom. The average Bonchev–Trinajstić information content (AvgIpc) is 2.30. The summed E-state index contributed by atoms with van der Waals surface area (Å²) >= 11 is 0. The monoisotopic (exact) mass is 442 g/mol. The maximum atomic E-state index is 9.16. The topological polar surface area (TPSA) is 66.4 Å². The molecule has 0 aliphatic rings. The molecule has 0 aromatic carbocycles. The number of ether oxygens (including phenoxy) is 2. The molecule has 0 aliphatic carbocycles. The molecule has 0 bridgehead atoms. The number of aliphatic hydroxyl groups is 1. The van der Waals surface area contributed by atoms with E-state index in [2.05, 4.69) is 58.9 Å². The van der Waals surface area contributed by atoms with Crippen molar-refractivity contribution >= 4 is 33.8 Å². The van der Waals surface area contributed by atoms with Gasteiger partial charge in [-0.2, -0.15) is 0 Å². The normalized spacial score (nSPS) is 17.2. The van der Waals surface area contributed by atoms with Gasteiger partial charge in [-0.3, -0.25) is 0 Å². The predicted octanol–water partition coefficient (Wildman–Crippen LogP) is 3.89. The molecule has 0 spiro atoms. The highest BCUT2D eigenvalue weighted by atomic mass is 28.5. The SMILES string of the molecule is CC(O)COCCOCC[Si](C)(O[Si](C)(C)C)O[Si](C)(C)O[Si](C)(C)C. The van der Waals surface area contributed by atoms with E-state index in [4.69, 9.17) is 26.9 Å². The Kier molecular flexibility index (Phi) is 11.2. The van der Waals surface area contributed by atoms with Crippen molar-refractivity contribution in [1.29, 1.82) is 0 Å². The second-order valence-electron chi connectivity index (χ2n) is 9.35. The van der Waals surface area contributed by atoms with Gasteiger partial charge in [0.25, 0.3) is 0 Å². The second-order valence-corrected chi connectivity index (χ2v) is 25.8. The highest BCUT2D eigenvalue weighted by molar-refractivity contribution is 6.89. The summed E-state index contributed by atoms with van der Waals surface area (Å²) in [5.41, 5.74) is 0. The van der Waals surface area contributed by atoms with Gasteiger partial charge >= 0.3 is 17.1 Å².